The van der Waals surface area contributed by atoms with Crippen molar-refractivity contribution in [1.82, 2.24) is 5.32 Å². The fourth-order valence-corrected chi connectivity index (χ4v) is 6.58. The van der Waals surface area contributed by atoms with E-state index in [4.69, 9.17) is 11.6 Å². The first-order chi connectivity index (χ1) is 12.7. The Hall–Kier alpha value is -1.07. The van der Waals surface area contributed by atoms with E-state index in [0.717, 1.165) is 30.7 Å². The highest BCUT2D eigenvalue weighted by Crippen LogP contribution is 2.53. The first kappa shape index (κ1) is 20.7. The van der Waals surface area contributed by atoms with E-state index in [-0.39, 0.29) is 23.0 Å². The summed E-state index contributed by atoms with van der Waals surface area (Å²) in [6, 6.07) is 5.45. The Kier molecular flexibility index (Phi) is 6.21. The Morgan fingerprint density at radius 1 is 1.26 bits per heavy atom. The summed E-state index contributed by atoms with van der Waals surface area (Å²) >= 11 is 6.21. The van der Waals surface area contributed by atoms with Crippen molar-refractivity contribution in [1.29, 1.82) is 0 Å². The number of halogens is 1. The predicted octanol–water partition coefficient (Wildman–Crippen LogP) is 4.40. The molecule has 3 rings (SSSR count). The Balaban J connectivity index is 1.59. The molecule has 2 aliphatic rings. The number of carbonyl (C=O) groups is 1. The topological polar surface area (TPSA) is 63.2 Å². The van der Waals surface area contributed by atoms with Gasteiger partial charge >= 0.3 is 0 Å². The van der Waals surface area contributed by atoms with Crippen LogP contribution in [0.4, 0.5) is 0 Å². The quantitative estimate of drug-likeness (QED) is 0.655. The van der Waals surface area contributed by atoms with Gasteiger partial charge in [0.05, 0.1) is 16.3 Å². The van der Waals surface area contributed by atoms with E-state index in [1.807, 2.05) is 19.9 Å². The molecule has 0 heterocycles. The monoisotopic (exact) mass is 411 g/mol. The van der Waals surface area contributed by atoms with Gasteiger partial charge in [0.2, 0.25) is 0 Å². The zero-order chi connectivity index (χ0) is 19.7. The Morgan fingerprint density at radius 3 is 2.56 bits per heavy atom. The third kappa shape index (κ3) is 5.47. The number of amides is 1. The number of aryl methyl sites for hydroxylation is 1. The van der Waals surface area contributed by atoms with Crippen molar-refractivity contribution in [2.45, 2.75) is 52.4 Å². The maximum absolute atomic E-state index is 12.6. The second kappa shape index (κ2) is 8.12. The van der Waals surface area contributed by atoms with Crippen LogP contribution in [0.25, 0.3) is 0 Å². The highest BCUT2D eigenvalue weighted by atomic mass is 35.5. The average molecular weight is 412 g/mol. The Labute approximate surface area is 168 Å². The van der Waals surface area contributed by atoms with Crippen molar-refractivity contribution in [3.8, 4) is 0 Å². The van der Waals surface area contributed by atoms with Gasteiger partial charge in [-0.1, -0.05) is 37.4 Å². The average Bonchev–Trinajstić information content (AvgIpc) is 3.34. The van der Waals surface area contributed by atoms with E-state index in [9.17, 15) is 13.2 Å². The van der Waals surface area contributed by atoms with Gasteiger partial charge in [0.25, 0.3) is 5.91 Å². The molecule has 1 N–H and O–H groups in total. The second-order valence-electron chi connectivity index (χ2n) is 8.70. The van der Waals surface area contributed by atoms with Crippen LogP contribution in [-0.2, 0) is 9.84 Å². The summed E-state index contributed by atoms with van der Waals surface area (Å²) in [6.45, 7) is 4.46. The minimum atomic E-state index is -2.94. The largest absolute Gasteiger partial charge is 0.351 e. The minimum Gasteiger partial charge on any atom is -0.351 e. The summed E-state index contributed by atoms with van der Waals surface area (Å²) in [5.74, 6) is 1.42. The van der Waals surface area contributed by atoms with Crippen LogP contribution in [0.5, 0.6) is 0 Å². The van der Waals surface area contributed by atoms with Crippen molar-refractivity contribution in [3.63, 3.8) is 0 Å². The molecule has 0 aromatic heterocycles. The lowest BCUT2D eigenvalue weighted by atomic mass is 9.60. The van der Waals surface area contributed by atoms with Gasteiger partial charge in [-0.3, -0.25) is 4.79 Å². The molecule has 0 spiro atoms. The number of hydrogen-bond donors (Lipinski definition) is 1. The van der Waals surface area contributed by atoms with Crippen molar-refractivity contribution < 1.29 is 13.2 Å². The Morgan fingerprint density at radius 2 is 1.96 bits per heavy atom. The molecule has 2 aliphatic carbocycles. The molecule has 0 radical (unpaired) electrons. The maximum atomic E-state index is 12.6. The summed E-state index contributed by atoms with van der Waals surface area (Å²) in [5.41, 5.74) is 1.59. The summed E-state index contributed by atoms with van der Waals surface area (Å²) in [5, 5.41) is 3.54. The molecule has 6 heteroatoms. The lowest BCUT2D eigenvalue weighted by molar-refractivity contribution is 0.0475. The van der Waals surface area contributed by atoms with Crippen molar-refractivity contribution >= 4 is 27.3 Å². The molecule has 150 valence electrons. The van der Waals surface area contributed by atoms with Crippen LogP contribution >= 0.6 is 11.6 Å². The van der Waals surface area contributed by atoms with Crippen LogP contribution in [0.2, 0.25) is 5.02 Å². The van der Waals surface area contributed by atoms with Gasteiger partial charge in [-0.25, -0.2) is 8.42 Å². The van der Waals surface area contributed by atoms with Crippen LogP contribution in [0.3, 0.4) is 0 Å². The smallest absolute Gasteiger partial charge is 0.252 e. The predicted molar refractivity (Wildman–Crippen MR) is 110 cm³/mol. The van der Waals surface area contributed by atoms with Gasteiger partial charge in [0.15, 0.2) is 9.84 Å². The van der Waals surface area contributed by atoms with Crippen LogP contribution in [0, 0.1) is 24.2 Å². The van der Waals surface area contributed by atoms with E-state index >= 15 is 0 Å². The fourth-order valence-electron chi connectivity index (χ4n) is 4.52. The zero-order valence-electron chi connectivity index (χ0n) is 16.3. The third-order valence-corrected chi connectivity index (χ3v) is 8.18. The lowest BCUT2D eigenvalue weighted by Gasteiger charge is -2.48. The van der Waals surface area contributed by atoms with E-state index < -0.39 is 9.84 Å². The van der Waals surface area contributed by atoms with E-state index in [0.29, 0.717) is 29.3 Å². The van der Waals surface area contributed by atoms with Crippen LogP contribution in [0.15, 0.2) is 18.2 Å². The van der Waals surface area contributed by atoms with Crippen molar-refractivity contribution in [2.24, 2.45) is 17.3 Å². The first-order valence-electron chi connectivity index (χ1n) is 9.97. The third-order valence-electron chi connectivity index (χ3n) is 5.86. The molecule has 2 saturated carbocycles. The molecule has 0 aliphatic heterocycles. The minimum absolute atomic E-state index is 0.0560. The van der Waals surface area contributed by atoms with Gasteiger partial charge < -0.3 is 5.32 Å². The molecule has 4 nitrogen and oxygen atoms in total. The molecule has 0 atom stereocenters. The standard InChI is InChI=1S/C21H30ClNO3S/c1-3-8-27(25,26)13-17-11-21(12-17,10-16-5-6-16)14-23-20(24)18-7-4-15(2)9-19(18)22/h4,7,9,16-17H,3,5-6,8,10-14H2,1-2H3,(H,23,24). The second-order valence-corrected chi connectivity index (χ2v) is 11.3. The molecule has 1 amide bonds. The molecular weight excluding hydrogens is 382 g/mol. The first-order valence-corrected chi connectivity index (χ1v) is 12.2. The number of carbonyl (C=O) groups excluding carboxylic acids is 1. The molecule has 2 fully saturated rings. The van der Waals surface area contributed by atoms with Crippen LogP contribution in [-0.4, -0.2) is 32.4 Å². The van der Waals surface area contributed by atoms with Gasteiger partial charge in [-0.05, 0) is 67.6 Å². The highest BCUT2D eigenvalue weighted by molar-refractivity contribution is 7.91. The van der Waals surface area contributed by atoms with Crippen molar-refractivity contribution in [2.75, 3.05) is 18.1 Å². The maximum Gasteiger partial charge on any atom is 0.252 e. The molecule has 0 unspecified atom stereocenters. The summed E-state index contributed by atoms with van der Waals surface area (Å²) in [7, 11) is -2.94. The number of hydrogen-bond acceptors (Lipinski definition) is 3. The lowest BCUT2D eigenvalue weighted by Crippen LogP contribution is -2.48. The van der Waals surface area contributed by atoms with Gasteiger partial charge in [0, 0.05) is 12.3 Å². The number of benzene rings is 1. The molecule has 1 aromatic carbocycles. The van der Waals surface area contributed by atoms with E-state index in [1.54, 1.807) is 12.1 Å². The SMILES string of the molecule is CCCS(=O)(=O)CC1CC(CNC(=O)c2ccc(C)cc2Cl)(CC2CC2)C1. The van der Waals surface area contributed by atoms with Gasteiger partial charge in [-0.2, -0.15) is 0 Å². The zero-order valence-corrected chi connectivity index (χ0v) is 17.8. The normalized spacial score (nSPS) is 25.1. The van der Waals surface area contributed by atoms with E-state index in [1.165, 1.54) is 12.8 Å². The number of rotatable bonds is 9. The molecule has 27 heavy (non-hydrogen) atoms. The highest BCUT2D eigenvalue weighted by Gasteiger charge is 2.48. The fraction of sp³-hybridized carbons (Fsp3) is 0.667. The summed E-state index contributed by atoms with van der Waals surface area (Å²) in [4.78, 5) is 12.6. The molecule has 0 bridgehead atoms. The van der Waals surface area contributed by atoms with Gasteiger partial charge in [0.1, 0.15) is 0 Å². The van der Waals surface area contributed by atoms with Crippen LogP contribution < -0.4 is 5.32 Å². The summed E-state index contributed by atoms with van der Waals surface area (Å²) in [6.07, 6.45) is 6.09. The Bertz CT molecular complexity index is 796. The number of sulfone groups is 1. The molecule has 0 saturated heterocycles. The number of nitrogens with one attached hydrogen (secondary N) is 1. The molecule has 1 aromatic rings. The van der Waals surface area contributed by atoms with Gasteiger partial charge in [-0.15, -0.1) is 0 Å². The summed E-state index contributed by atoms with van der Waals surface area (Å²) < 4.78 is 24.2. The molecular formula is C21H30ClNO3S. The van der Waals surface area contributed by atoms with Crippen molar-refractivity contribution in [3.05, 3.63) is 34.3 Å². The van der Waals surface area contributed by atoms with Crippen LogP contribution in [0.1, 0.15) is 61.4 Å². The van der Waals surface area contributed by atoms with E-state index in [2.05, 4.69) is 5.32 Å².